The van der Waals surface area contributed by atoms with Crippen LogP contribution in [0.25, 0.3) is 0 Å². The largest absolute Gasteiger partial charge is 0.466 e. The second kappa shape index (κ2) is 8.93. The van der Waals surface area contributed by atoms with Gasteiger partial charge in [0.1, 0.15) is 0 Å². The molecular formula is C17H19N3O4S. The van der Waals surface area contributed by atoms with Crippen molar-refractivity contribution in [2.24, 2.45) is 0 Å². The lowest BCUT2D eigenvalue weighted by Crippen LogP contribution is -2.14. The molecule has 0 saturated carbocycles. The first-order chi connectivity index (χ1) is 12.0. The number of carbonyl (C=O) groups is 3. The first-order valence-corrected chi connectivity index (χ1v) is 8.71. The van der Waals surface area contributed by atoms with Crippen LogP contribution < -0.4 is 10.6 Å². The van der Waals surface area contributed by atoms with Crippen molar-refractivity contribution in [3.05, 3.63) is 40.9 Å². The minimum absolute atomic E-state index is 0.0682. The zero-order chi connectivity index (χ0) is 18.2. The maximum atomic E-state index is 12.3. The minimum atomic E-state index is -0.356. The van der Waals surface area contributed by atoms with E-state index in [0.29, 0.717) is 35.1 Å². The van der Waals surface area contributed by atoms with Crippen molar-refractivity contribution in [3.8, 4) is 0 Å². The highest BCUT2D eigenvalue weighted by Gasteiger charge is 2.12. The van der Waals surface area contributed by atoms with Gasteiger partial charge in [-0.2, -0.15) is 0 Å². The van der Waals surface area contributed by atoms with Gasteiger partial charge in [0.05, 0.1) is 18.7 Å². The van der Waals surface area contributed by atoms with Crippen molar-refractivity contribution in [1.29, 1.82) is 0 Å². The van der Waals surface area contributed by atoms with Crippen LogP contribution in [-0.4, -0.2) is 29.4 Å². The molecule has 1 aromatic heterocycles. The van der Waals surface area contributed by atoms with Crippen molar-refractivity contribution in [2.45, 2.75) is 26.7 Å². The molecule has 2 rings (SSSR count). The second-order valence-electron chi connectivity index (χ2n) is 5.06. The van der Waals surface area contributed by atoms with Gasteiger partial charge < -0.3 is 10.1 Å². The standard InChI is InChI=1S/C17H19N3O4S/c1-3-14(21)18-12-7-5-6-11(8-12)16(23)20-17-19-13(10-25-17)9-15(22)24-4-2/h5-8,10H,3-4,9H2,1-2H3,(H,18,21)(H,19,20,23). The number of carbonyl (C=O) groups excluding carboxylic acids is 3. The fourth-order valence-electron chi connectivity index (χ4n) is 1.96. The average Bonchev–Trinajstić information content (AvgIpc) is 3.02. The molecule has 1 aromatic carbocycles. The van der Waals surface area contributed by atoms with Crippen molar-refractivity contribution < 1.29 is 19.1 Å². The Labute approximate surface area is 149 Å². The fraction of sp³-hybridized carbons (Fsp3) is 0.294. The number of thiazole rings is 1. The molecule has 0 saturated heterocycles. The highest BCUT2D eigenvalue weighted by atomic mass is 32.1. The first-order valence-electron chi connectivity index (χ1n) is 7.83. The molecule has 0 unspecified atom stereocenters. The number of amides is 2. The van der Waals surface area contributed by atoms with Crippen LogP contribution in [0.4, 0.5) is 10.8 Å². The molecule has 7 nitrogen and oxygen atoms in total. The topological polar surface area (TPSA) is 97.4 Å². The number of nitrogens with zero attached hydrogens (tertiary/aromatic N) is 1. The summed E-state index contributed by atoms with van der Waals surface area (Å²) in [6.45, 7) is 3.81. The van der Waals surface area contributed by atoms with Crippen LogP contribution in [-0.2, 0) is 20.7 Å². The normalized spacial score (nSPS) is 10.2. The van der Waals surface area contributed by atoms with E-state index in [4.69, 9.17) is 4.74 Å². The molecule has 0 spiro atoms. The highest BCUT2D eigenvalue weighted by Crippen LogP contribution is 2.18. The Morgan fingerprint density at radius 2 is 2.00 bits per heavy atom. The molecule has 1 heterocycles. The Kier molecular flexibility index (Phi) is 6.64. The van der Waals surface area contributed by atoms with Gasteiger partial charge in [-0.1, -0.05) is 13.0 Å². The van der Waals surface area contributed by atoms with Crippen LogP contribution in [0.15, 0.2) is 29.6 Å². The van der Waals surface area contributed by atoms with Crippen molar-refractivity contribution >= 4 is 39.9 Å². The Bertz CT molecular complexity index is 773. The third-order valence-electron chi connectivity index (χ3n) is 3.13. The molecule has 0 radical (unpaired) electrons. The van der Waals surface area contributed by atoms with Gasteiger partial charge in [-0.25, -0.2) is 4.98 Å². The van der Waals surface area contributed by atoms with Crippen molar-refractivity contribution in [2.75, 3.05) is 17.2 Å². The molecule has 132 valence electrons. The lowest BCUT2D eigenvalue weighted by Gasteiger charge is -2.06. The van der Waals surface area contributed by atoms with E-state index in [0.717, 1.165) is 0 Å². The molecule has 0 fully saturated rings. The molecule has 0 aliphatic rings. The van der Waals surface area contributed by atoms with Gasteiger partial charge in [-0.15, -0.1) is 11.3 Å². The molecule has 0 aliphatic carbocycles. The van der Waals surface area contributed by atoms with Gasteiger partial charge in [0, 0.05) is 23.1 Å². The summed E-state index contributed by atoms with van der Waals surface area (Å²) in [6.07, 6.45) is 0.428. The lowest BCUT2D eigenvalue weighted by molar-refractivity contribution is -0.142. The molecule has 8 heteroatoms. The van der Waals surface area contributed by atoms with Gasteiger partial charge in [0.2, 0.25) is 5.91 Å². The van der Waals surface area contributed by atoms with E-state index in [1.807, 2.05) is 0 Å². The number of esters is 1. The third kappa shape index (κ3) is 5.68. The van der Waals surface area contributed by atoms with E-state index >= 15 is 0 Å². The third-order valence-corrected chi connectivity index (χ3v) is 3.94. The summed E-state index contributed by atoms with van der Waals surface area (Å²) in [7, 11) is 0. The molecule has 2 N–H and O–H groups in total. The molecule has 2 amide bonds. The Morgan fingerprint density at radius 1 is 1.20 bits per heavy atom. The summed E-state index contributed by atoms with van der Waals surface area (Å²) in [5.74, 6) is -0.823. The van der Waals surface area contributed by atoms with E-state index < -0.39 is 0 Å². The van der Waals surface area contributed by atoms with Gasteiger partial charge >= 0.3 is 5.97 Å². The quantitative estimate of drug-likeness (QED) is 0.739. The van der Waals surface area contributed by atoms with Crippen LogP contribution in [0.2, 0.25) is 0 Å². The van der Waals surface area contributed by atoms with E-state index in [-0.39, 0.29) is 24.2 Å². The zero-order valence-electron chi connectivity index (χ0n) is 14.0. The number of nitrogens with one attached hydrogen (secondary N) is 2. The molecule has 0 bridgehead atoms. The molecule has 2 aromatic rings. The van der Waals surface area contributed by atoms with Gasteiger partial charge in [-0.05, 0) is 25.1 Å². The average molecular weight is 361 g/mol. The van der Waals surface area contributed by atoms with Gasteiger partial charge in [0.25, 0.3) is 5.91 Å². The summed E-state index contributed by atoms with van der Waals surface area (Å²) in [5.41, 5.74) is 1.50. The van der Waals surface area contributed by atoms with Crippen LogP contribution >= 0.6 is 11.3 Å². The second-order valence-corrected chi connectivity index (χ2v) is 5.92. The van der Waals surface area contributed by atoms with E-state index in [1.54, 1.807) is 43.5 Å². The van der Waals surface area contributed by atoms with E-state index in [1.165, 1.54) is 11.3 Å². The summed E-state index contributed by atoms with van der Waals surface area (Å²) < 4.78 is 4.86. The summed E-state index contributed by atoms with van der Waals surface area (Å²) in [4.78, 5) is 39.4. The van der Waals surface area contributed by atoms with Crippen LogP contribution in [0, 0.1) is 0 Å². The van der Waals surface area contributed by atoms with E-state index in [2.05, 4.69) is 15.6 Å². The number of hydrogen-bond acceptors (Lipinski definition) is 6. The van der Waals surface area contributed by atoms with Crippen molar-refractivity contribution in [1.82, 2.24) is 4.98 Å². The Hall–Kier alpha value is -2.74. The van der Waals surface area contributed by atoms with Crippen LogP contribution in [0.5, 0.6) is 0 Å². The lowest BCUT2D eigenvalue weighted by atomic mass is 10.2. The molecule has 0 aliphatic heterocycles. The Morgan fingerprint density at radius 3 is 2.72 bits per heavy atom. The SMILES string of the molecule is CCOC(=O)Cc1csc(NC(=O)c2cccc(NC(=O)CC)c2)n1. The number of ether oxygens (including phenoxy) is 1. The maximum absolute atomic E-state index is 12.3. The van der Waals surface area contributed by atoms with Gasteiger partial charge in [-0.3, -0.25) is 19.7 Å². The summed E-state index contributed by atoms with van der Waals surface area (Å²) >= 11 is 1.23. The highest BCUT2D eigenvalue weighted by molar-refractivity contribution is 7.14. The number of anilines is 2. The minimum Gasteiger partial charge on any atom is -0.466 e. The monoisotopic (exact) mass is 361 g/mol. The van der Waals surface area contributed by atoms with Crippen LogP contribution in [0.1, 0.15) is 36.3 Å². The maximum Gasteiger partial charge on any atom is 0.311 e. The summed E-state index contributed by atoms with van der Waals surface area (Å²) in [6, 6.07) is 6.64. The Balaban J connectivity index is 2.00. The molecule has 0 atom stereocenters. The number of hydrogen-bond donors (Lipinski definition) is 2. The summed E-state index contributed by atoms with van der Waals surface area (Å²) in [5, 5.41) is 7.48. The number of aromatic nitrogens is 1. The number of rotatable bonds is 7. The van der Waals surface area contributed by atoms with E-state index in [9.17, 15) is 14.4 Å². The predicted molar refractivity (Wildman–Crippen MR) is 95.8 cm³/mol. The zero-order valence-corrected chi connectivity index (χ0v) is 14.8. The fourth-order valence-corrected chi connectivity index (χ4v) is 2.67. The van der Waals surface area contributed by atoms with Crippen molar-refractivity contribution in [3.63, 3.8) is 0 Å². The smallest absolute Gasteiger partial charge is 0.311 e. The molecular weight excluding hydrogens is 342 g/mol. The first kappa shape index (κ1) is 18.6. The van der Waals surface area contributed by atoms with Crippen LogP contribution in [0.3, 0.4) is 0 Å². The number of benzene rings is 1. The molecule has 25 heavy (non-hydrogen) atoms. The predicted octanol–water partition coefficient (Wildman–Crippen LogP) is 2.85. The van der Waals surface area contributed by atoms with Gasteiger partial charge in [0.15, 0.2) is 5.13 Å².